The number of amides is 1. The Morgan fingerprint density at radius 3 is 2.81 bits per heavy atom. The number of carbonyl (C=O) groups excluding carboxylic acids is 1. The number of halogens is 2. The Morgan fingerprint density at radius 2 is 2.29 bits per heavy atom. The summed E-state index contributed by atoms with van der Waals surface area (Å²) in [4.78, 5) is 17.7. The van der Waals surface area contributed by atoms with Crippen LogP contribution in [0.2, 0.25) is 5.15 Å². The third-order valence-electron chi connectivity index (χ3n) is 2.99. The second kappa shape index (κ2) is 6.56. The fourth-order valence-electron chi connectivity index (χ4n) is 1.85. The van der Waals surface area contributed by atoms with Crippen molar-refractivity contribution in [1.82, 2.24) is 9.88 Å². The third-order valence-corrected chi connectivity index (χ3v) is 4.43. The molecule has 0 saturated carbocycles. The van der Waals surface area contributed by atoms with Crippen LogP contribution in [0.4, 0.5) is 4.79 Å². The number of carbonyl (C=O) groups is 1. The minimum Gasteiger partial charge on any atom is -0.490 e. The van der Waals surface area contributed by atoms with Gasteiger partial charge in [-0.05, 0) is 55.8 Å². The Morgan fingerprint density at radius 1 is 1.57 bits per heavy atom. The molecular formula is C14H18ClIN2O3. The molecule has 1 atom stereocenters. The van der Waals surface area contributed by atoms with Gasteiger partial charge in [0.2, 0.25) is 0 Å². The first-order valence-corrected chi connectivity index (χ1v) is 8.15. The van der Waals surface area contributed by atoms with Crippen molar-refractivity contribution in [2.75, 3.05) is 13.2 Å². The van der Waals surface area contributed by atoms with Crippen molar-refractivity contribution >= 4 is 40.3 Å². The van der Waals surface area contributed by atoms with Crippen LogP contribution in [0.25, 0.3) is 0 Å². The minimum absolute atomic E-state index is 0.0492. The molecule has 1 aromatic rings. The fraction of sp³-hybridized carbons (Fsp3) is 0.571. The average Bonchev–Trinajstić information content (AvgIpc) is 2.30. The molecule has 0 bridgehead atoms. The molecule has 0 aliphatic carbocycles. The van der Waals surface area contributed by atoms with Crippen molar-refractivity contribution in [2.24, 2.45) is 0 Å². The summed E-state index contributed by atoms with van der Waals surface area (Å²) in [5.41, 5.74) is -0.478. The van der Waals surface area contributed by atoms with E-state index >= 15 is 0 Å². The predicted octanol–water partition coefficient (Wildman–Crippen LogP) is 3.73. The molecule has 0 N–H and O–H groups in total. The van der Waals surface area contributed by atoms with Crippen LogP contribution in [0, 0.1) is 3.57 Å². The zero-order valence-corrected chi connectivity index (χ0v) is 15.1. The van der Waals surface area contributed by atoms with Crippen molar-refractivity contribution in [3.05, 3.63) is 21.0 Å². The summed E-state index contributed by atoms with van der Waals surface area (Å²) in [5, 5.41) is 0.460. The summed E-state index contributed by atoms with van der Waals surface area (Å²) in [7, 11) is 0. The van der Waals surface area contributed by atoms with Gasteiger partial charge in [-0.2, -0.15) is 0 Å². The van der Waals surface area contributed by atoms with Crippen molar-refractivity contribution in [2.45, 2.75) is 38.8 Å². The molecule has 2 rings (SSSR count). The lowest BCUT2D eigenvalue weighted by Gasteiger charge is -2.40. The van der Waals surface area contributed by atoms with Crippen LogP contribution in [0.1, 0.15) is 27.2 Å². The second-order valence-electron chi connectivity index (χ2n) is 5.87. The molecule has 21 heavy (non-hydrogen) atoms. The van der Waals surface area contributed by atoms with E-state index in [1.54, 1.807) is 11.1 Å². The zero-order chi connectivity index (χ0) is 15.6. The molecule has 1 aliphatic heterocycles. The number of ether oxygens (including phenoxy) is 2. The first-order valence-electron chi connectivity index (χ1n) is 6.70. The SMILES string of the molecule is CC(C)(C)OC(=O)N1CCC1COc1cnc(Cl)c(I)c1. The lowest BCUT2D eigenvalue weighted by molar-refractivity contribution is -0.0141. The van der Waals surface area contributed by atoms with E-state index in [0.29, 0.717) is 24.1 Å². The quantitative estimate of drug-likeness (QED) is 0.548. The molecule has 7 heteroatoms. The highest BCUT2D eigenvalue weighted by Crippen LogP contribution is 2.24. The van der Waals surface area contributed by atoms with Gasteiger partial charge in [0.25, 0.3) is 0 Å². The maximum absolute atomic E-state index is 12.0. The Balaban J connectivity index is 1.86. The van der Waals surface area contributed by atoms with Crippen LogP contribution in [0.15, 0.2) is 12.3 Å². The van der Waals surface area contributed by atoms with E-state index < -0.39 is 5.60 Å². The molecule has 1 unspecified atom stereocenters. The van der Waals surface area contributed by atoms with E-state index in [1.807, 2.05) is 26.8 Å². The summed E-state index contributed by atoms with van der Waals surface area (Å²) >= 11 is 7.97. The molecule has 0 aromatic carbocycles. The molecule has 1 aromatic heterocycles. The normalized spacial score (nSPS) is 18.1. The van der Waals surface area contributed by atoms with Gasteiger partial charge in [-0.3, -0.25) is 0 Å². The van der Waals surface area contributed by atoms with Crippen molar-refractivity contribution in [3.8, 4) is 5.75 Å². The van der Waals surface area contributed by atoms with Gasteiger partial charge < -0.3 is 14.4 Å². The van der Waals surface area contributed by atoms with E-state index in [0.717, 1.165) is 9.99 Å². The summed E-state index contributed by atoms with van der Waals surface area (Å²) in [6, 6.07) is 1.88. The summed E-state index contributed by atoms with van der Waals surface area (Å²) < 4.78 is 11.9. The van der Waals surface area contributed by atoms with Gasteiger partial charge in [-0.1, -0.05) is 11.6 Å². The van der Waals surface area contributed by atoms with Gasteiger partial charge in [-0.25, -0.2) is 9.78 Å². The van der Waals surface area contributed by atoms with Crippen molar-refractivity contribution < 1.29 is 14.3 Å². The Kier molecular flexibility index (Phi) is 5.19. The van der Waals surface area contributed by atoms with Crippen LogP contribution in [-0.4, -0.2) is 40.8 Å². The van der Waals surface area contributed by atoms with Crippen LogP contribution in [-0.2, 0) is 4.74 Å². The van der Waals surface area contributed by atoms with E-state index in [1.165, 1.54) is 0 Å². The summed E-state index contributed by atoms with van der Waals surface area (Å²) in [5.74, 6) is 0.653. The number of pyridine rings is 1. The Bertz CT molecular complexity index is 533. The lowest BCUT2D eigenvalue weighted by atomic mass is 10.1. The maximum Gasteiger partial charge on any atom is 0.410 e. The highest BCUT2D eigenvalue weighted by molar-refractivity contribution is 14.1. The third kappa shape index (κ3) is 4.60. The number of hydrogen-bond donors (Lipinski definition) is 0. The van der Waals surface area contributed by atoms with Crippen LogP contribution in [0.3, 0.4) is 0 Å². The van der Waals surface area contributed by atoms with Crippen LogP contribution in [0.5, 0.6) is 5.75 Å². The number of hydrogen-bond acceptors (Lipinski definition) is 4. The maximum atomic E-state index is 12.0. The van der Waals surface area contributed by atoms with E-state index in [4.69, 9.17) is 21.1 Å². The van der Waals surface area contributed by atoms with Crippen LogP contribution >= 0.6 is 34.2 Å². The predicted molar refractivity (Wildman–Crippen MR) is 88.8 cm³/mol. The number of likely N-dealkylation sites (tertiary alicyclic amines) is 1. The second-order valence-corrected chi connectivity index (χ2v) is 7.39. The summed E-state index contributed by atoms with van der Waals surface area (Å²) in [6.07, 6.45) is 2.21. The minimum atomic E-state index is -0.478. The topological polar surface area (TPSA) is 51.7 Å². The molecule has 1 saturated heterocycles. The smallest absolute Gasteiger partial charge is 0.410 e. The summed E-state index contributed by atoms with van der Waals surface area (Å²) in [6.45, 7) is 6.71. The fourth-order valence-corrected chi connectivity index (χ4v) is 2.40. The van der Waals surface area contributed by atoms with Crippen molar-refractivity contribution in [1.29, 1.82) is 0 Å². The standard InChI is InChI=1S/C14H18ClIN2O3/c1-14(2,3)21-13(19)18-5-4-9(18)8-20-10-6-11(16)12(15)17-7-10/h6-7,9H,4-5,8H2,1-3H3. The monoisotopic (exact) mass is 424 g/mol. The molecule has 116 valence electrons. The molecule has 2 heterocycles. The van der Waals surface area contributed by atoms with E-state index in [2.05, 4.69) is 27.6 Å². The van der Waals surface area contributed by atoms with Gasteiger partial charge in [0.05, 0.1) is 15.8 Å². The molecule has 1 fully saturated rings. The van der Waals surface area contributed by atoms with Gasteiger partial charge in [-0.15, -0.1) is 0 Å². The number of aromatic nitrogens is 1. The first-order chi connectivity index (χ1) is 9.76. The highest BCUT2D eigenvalue weighted by atomic mass is 127. The average molecular weight is 425 g/mol. The molecular weight excluding hydrogens is 407 g/mol. The van der Waals surface area contributed by atoms with Gasteiger partial charge in [0.15, 0.2) is 0 Å². The lowest BCUT2D eigenvalue weighted by Crippen LogP contribution is -2.55. The number of nitrogens with zero attached hydrogens (tertiary/aromatic N) is 2. The molecule has 1 aliphatic rings. The highest BCUT2D eigenvalue weighted by Gasteiger charge is 2.35. The van der Waals surface area contributed by atoms with Gasteiger partial charge in [0, 0.05) is 6.54 Å². The van der Waals surface area contributed by atoms with E-state index in [9.17, 15) is 4.79 Å². The van der Waals surface area contributed by atoms with Crippen LogP contribution < -0.4 is 4.74 Å². The molecule has 0 spiro atoms. The zero-order valence-electron chi connectivity index (χ0n) is 12.2. The van der Waals surface area contributed by atoms with Gasteiger partial charge >= 0.3 is 6.09 Å². The number of rotatable bonds is 3. The Hall–Kier alpha value is -0.760. The molecule has 1 amide bonds. The largest absolute Gasteiger partial charge is 0.490 e. The van der Waals surface area contributed by atoms with Gasteiger partial charge in [0.1, 0.15) is 23.1 Å². The van der Waals surface area contributed by atoms with Crippen molar-refractivity contribution in [3.63, 3.8) is 0 Å². The van der Waals surface area contributed by atoms with E-state index in [-0.39, 0.29) is 12.1 Å². The molecule has 5 nitrogen and oxygen atoms in total. The first kappa shape index (κ1) is 16.6. The molecule has 0 radical (unpaired) electrons. The Labute approximate surface area is 143 Å².